The molecule has 0 aliphatic carbocycles. The molecule has 0 saturated carbocycles. The van der Waals surface area contributed by atoms with Gasteiger partial charge in [-0.3, -0.25) is 14.3 Å². The molecule has 0 bridgehead atoms. The van der Waals surface area contributed by atoms with Gasteiger partial charge in [0.1, 0.15) is 23.0 Å². The summed E-state index contributed by atoms with van der Waals surface area (Å²) in [5, 5.41) is 3.83. The smallest absolute Gasteiger partial charge is 0.417 e. The monoisotopic (exact) mass is 564 g/mol. The van der Waals surface area contributed by atoms with Crippen molar-refractivity contribution >= 4 is 45.0 Å². The first-order valence-corrected chi connectivity index (χ1v) is 11.9. The molecule has 0 aliphatic heterocycles. The largest absolute Gasteiger partial charge is 0.457 e. The first kappa shape index (κ1) is 29.3. The van der Waals surface area contributed by atoms with E-state index >= 15 is 0 Å². The minimum atomic E-state index is -4.71. The van der Waals surface area contributed by atoms with E-state index in [0.717, 1.165) is 12.1 Å². The quantitative estimate of drug-likeness (QED) is 0.252. The van der Waals surface area contributed by atoms with Gasteiger partial charge in [0.05, 0.1) is 22.5 Å². The van der Waals surface area contributed by atoms with E-state index < -0.39 is 44.6 Å². The Morgan fingerprint density at radius 1 is 1.05 bits per heavy atom. The zero-order chi connectivity index (χ0) is 28.0. The maximum atomic E-state index is 14.4. The van der Waals surface area contributed by atoms with Crippen molar-refractivity contribution < 1.29 is 44.9 Å². The number of carbonyl (C=O) groups is 2. The summed E-state index contributed by atoms with van der Waals surface area (Å²) in [6.45, 7) is 0. The number of hydrogen-bond acceptors (Lipinski definition) is 6. The van der Waals surface area contributed by atoms with Gasteiger partial charge in [0.15, 0.2) is 0 Å². The molecule has 0 saturated heterocycles. The van der Waals surface area contributed by atoms with Crippen LogP contribution in [-0.2, 0) is 16.3 Å². The van der Waals surface area contributed by atoms with Gasteiger partial charge >= 0.3 is 12.2 Å². The van der Waals surface area contributed by atoms with Crippen LogP contribution < -0.4 is 21.1 Å². The molecule has 0 radical (unpaired) electrons. The van der Waals surface area contributed by atoms with Gasteiger partial charge in [0, 0.05) is 24.0 Å². The Kier molecular flexibility index (Phi) is 9.38. The van der Waals surface area contributed by atoms with Crippen molar-refractivity contribution in [3.8, 4) is 11.5 Å². The Balaban J connectivity index is 0.000000877. The predicted octanol–water partition coefficient (Wildman–Crippen LogP) is 4.93. The molecule has 2 aromatic carbocycles. The second kappa shape index (κ2) is 11.9. The topological polar surface area (TPSA) is 161 Å². The van der Waals surface area contributed by atoms with Crippen LogP contribution in [0.4, 0.5) is 33.7 Å². The summed E-state index contributed by atoms with van der Waals surface area (Å²) in [5.41, 5.74) is 3.51. The van der Waals surface area contributed by atoms with Crippen LogP contribution in [0.3, 0.4) is 0 Å². The predicted molar refractivity (Wildman–Crippen MR) is 126 cm³/mol. The number of alkyl halides is 3. The number of rotatable bonds is 5. The molecule has 0 unspecified atom stereocenters. The lowest BCUT2D eigenvalue weighted by atomic mass is 10.2. The normalized spacial score (nSPS) is 11.1. The molecule has 0 spiro atoms. The van der Waals surface area contributed by atoms with Crippen LogP contribution in [0.15, 0.2) is 54.7 Å². The number of ether oxygens (including phenoxy) is 1. The standard InChI is InChI=1S/C20H13ClF4N4O3.CH4O3S/c21-14-3-1-10(7-13(14)20(23,24)25)28-19(31)29-16-4-2-11(8-15(16)22)32-12-5-6-27-17(9-12)18(26)30;1-5(2,3)4/h1-9H,(H2,26,30)(H2,28,29,31);1H3,(H,2,3,4). The van der Waals surface area contributed by atoms with Gasteiger partial charge in [-0.25, -0.2) is 9.18 Å². The molecule has 198 valence electrons. The molecule has 3 amide bonds. The SMILES string of the molecule is CS(=O)(=O)O.NC(=O)c1cc(Oc2ccc(NC(=O)Nc3ccc(Cl)c(C(F)(F)F)c3)c(F)c2)ccn1. The highest BCUT2D eigenvalue weighted by Crippen LogP contribution is 2.36. The van der Waals surface area contributed by atoms with Crippen molar-refractivity contribution in [2.24, 2.45) is 5.73 Å². The van der Waals surface area contributed by atoms with Crippen LogP contribution in [-0.4, -0.2) is 36.1 Å². The fourth-order valence-corrected chi connectivity index (χ4v) is 2.74. The van der Waals surface area contributed by atoms with E-state index in [2.05, 4.69) is 15.6 Å². The summed E-state index contributed by atoms with van der Waals surface area (Å²) in [7, 11) is -3.67. The number of hydrogen-bond donors (Lipinski definition) is 4. The first-order valence-electron chi connectivity index (χ1n) is 9.63. The van der Waals surface area contributed by atoms with Crippen molar-refractivity contribution in [2.45, 2.75) is 6.18 Å². The lowest BCUT2D eigenvalue weighted by Crippen LogP contribution is -2.20. The zero-order valence-electron chi connectivity index (χ0n) is 18.5. The molecular weight excluding hydrogens is 548 g/mol. The molecule has 0 fully saturated rings. The number of benzene rings is 2. The highest BCUT2D eigenvalue weighted by molar-refractivity contribution is 7.85. The molecule has 16 heteroatoms. The summed E-state index contributed by atoms with van der Waals surface area (Å²) in [6.07, 6.45) is -2.71. The number of halogens is 5. The van der Waals surface area contributed by atoms with Gasteiger partial charge < -0.3 is 21.1 Å². The Morgan fingerprint density at radius 3 is 2.24 bits per heavy atom. The third-order valence-electron chi connectivity index (χ3n) is 3.94. The van der Waals surface area contributed by atoms with Gasteiger partial charge in [0.25, 0.3) is 16.0 Å². The fraction of sp³-hybridized carbons (Fsp3) is 0.0952. The molecule has 37 heavy (non-hydrogen) atoms. The third-order valence-corrected chi connectivity index (χ3v) is 4.27. The van der Waals surface area contributed by atoms with Gasteiger partial charge in [-0.2, -0.15) is 21.6 Å². The third kappa shape index (κ3) is 9.91. The number of nitrogens with one attached hydrogen (secondary N) is 2. The van der Waals surface area contributed by atoms with Crippen molar-refractivity contribution in [1.82, 2.24) is 4.98 Å². The highest BCUT2D eigenvalue weighted by Gasteiger charge is 2.33. The number of primary amides is 1. The van der Waals surface area contributed by atoms with Gasteiger partial charge in [-0.1, -0.05) is 11.6 Å². The molecule has 5 N–H and O–H groups in total. The summed E-state index contributed by atoms with van der Waals surface area (Å²) in [4.78, 5) is 27.0. The molecule has 3 aromatic rings. The first-order chi connectivity index (χ1) is 17.0. The lowest BCUT2D eigenvalue weighted by Gasteiger charge is -2.13. The van der Waals surface area contributed by atoms with Crippen molar-refractivity contribution in [3.63, 3.8) is 0 Å². The number of aromatic nitrogens is 1. The van der Waals surface area contributed by atoms with Gasteiger partial charge in [-0.05, 0) is 36.4 Å². The van der Waals surface area contributed by atoms with Gasteiger partial charge in [0.2, 0.25) is 0 Å². The zero-order valence-corrected chi connectivity index (χ0v) is 20.1. The van der Waals surface area contributed by atoms with E-state index in [9.17, 15) is 35.6 Å². The number of anilines is 2. The van der Waals surface area contributed by atoms with E-state index in [0.29, 0.717) is 12.3 Å². The maximum absolute atomic E-state index is 14.4. The van der Waals surface area contributed by atoms with E-state index in [1.165, 1.54) is 36.5 Å². The number of amides is 3. The molecule has 0 aliphatic rings. The van der Waals surface area contributed by atoms with Crippen molar-refractivity contribution in [3.05, 3.63) is 76.8 Å². The van der Waals surface area contributed by atoms with E-state index in [4.69, 9.17) is 26.6 Å². The number of urea groups is 1. The molecular formula is C21H17ClF4N4O6S. The number of pyridine rings is 1. The second-order valence-corrected chi connectivity index (χ2v) is 8.86. The minimum absolute atomic E-state index is 0.0441. The number of nitrogens with zero attached hydrogens (tertiary/aromatic N) is 1. The summed E-state index contributed by atoms with van der Waals surface area (Å²) in [6, 6.07) is 7.99. The fourth-order valence-electron chi connectivity index (χ4n) is 2.51. The number of carbonyl (C=O) groups excluding carboxylic acids is 2. The minimum Gasteiger partial charge on any atom is -0.457 e. The van der Waals surface area contributed by atoms with Crippen LogP contribution in [0.5, 0.6) is 11.5 Å². The van der Waals surface area contributed by atoms with Crippen LogP contribution in [0.1, 0.15) is 16.1 Å². The Morgan fingerprint density at radius 2 is 1.68 bits per heavy atom. The average molecular weight is 565 g/mol. The summed E-state index contributed by atoms with van der Waals surface area (Å²) in [5.74, 6) is -1.43. The number of nitrogens with two attached hydrogens (primary N) is 1. The molecule has 0 atom stereocenters. The van der Waals surface area contributed by atoms with Crippen LogP contribution in [0.2, 0.25) is 5.02 Å². The lowest BCUT2D eigenvalue weighted by molar-refractivity contribution is -0.137. The van der Waals surface area contributed by atoms with Gasteiger partial charge in [-0.15, -0.1) is 0 Å². The van der Waals surface area contributed by atoms with Crippen LogP contribution >= 0.6 is 11.6 Å². The molecule has 3 rings (SSSR count). The summed E-state index contributed by atoms with van der Waals surface area (Å²) < 4.78 is 84.4. The van der Waals surface area contributed by atoms with Crippen LogP contribution in [0.25, 0.3) is 0 Å². The van der Waals surface area contributed by atoms with E-state index in [1.807, 2.05) is 0 Å². The van der Waals surface area contributed by atoms with Crippen LogP contribution in [0, 0.1) is 5.82 Å². The van der Waals surface area contributed by atoms with E-state index in [1.54, 1.807) is 0 Å². The second-order valence-electron chi connectivity index (χ2n) is 6.99. The van der Waals surface area contributed by atoms with Crippen molar-refractivity contribution in [1.29, 1.82) is 0 Å². The summed E-state index contributed by atoms with van der Waals surface area (Å²) >= 11 is 5.53. The van der Waals surface area contributed by atoms with E-state index in [-0.39, 0.29) is 28.6 Å². The molecule has 10 nitrogen and oxygen atoms in total. The Hall–Kier alpha value is -3.95. The molecule has 1 aromatic heterocycles. The highest BCUT2D eigenvalue weighted by atomic mass is 35.5. The Bertz CT molecular complexity index is 1410. The average Bonchev–Trinajstić information content (AvgIpc) is 2.75. The Labute approximate surface area is 212 Å². The van der Waals surface area contributed by atoms with Crippen molar-refractivity contribution in [2.75, 3.05) is 16.9 Å². The molecule has 1 heterocycles. The maximum Gasteiger partial charge on any atom is 0.417 e.